The zero-order valence-corrected chi connectivity index (χ0v) is 12.3. The third-order valence-corrected chi connectivity index (χ3v) is 4.61. The number of sulfonamides is 1. The van der Waals surface area contributed by atoms with E-state index < -0.39 is 26.6 Å². The molecule has 0 saturated heterocycles. The van der Waals surface area contributed by atoms with E-state index in [2.05, 4.69) is 12.2 Å². The molecule has 1 aromatic rings. The Bertz CT molecular complexity index is 663. The van der Waals surface area contributed by atoms with Gasteiger partial charge in [0.15, 0.2) is 0 Å². The van der Waals surface area contributed by atoms with Crippen LogP contribution in [0.25, 0.3) is 0 Å². The highest BCUT2D eigenvalue weighted by molar-refractivity contribution is 7.89. The van der Waals surface area contributed by atoms with Gasteiger partial charge < -0.3 is 5.32 Å². The summed E-state index contributed by atoms with van der Waals surface area (Å²) >= 11 is 5.77. The molecule has 1 aliphatic carbocycles. The lowest BCUT2D eigenvalue weighted by atomic mass is 10.2. The van der Waals surface area contributed by atoms with Crippen LogP contribution in [-0.2, 0) is 10.0 Å². The predicted molar refractivity (Wildman–Crippen MR) is 72.4 cm³/mol. The van der Waals surface area contributed by atoms with Crippen molar-refractivity contribution in [3.05, 3.63) is 28.5 Å². The summed E-state index contributed by atoms with van der Waals surface area (Å²) in [5, 5.41) is 7.38. The highest BCUT2D eigenvalue weighted by atomic mass is 35.5. The summed E-state index contributed by atoms with van der Waals surface area (Å²) in [6, 6.07) is 1.63. The summed E-state index contributed by atoms with van der Waals surface area (Å²) in [6.07, 6.45) is 1.04. The number of rotatable bonds is 4. The molecule has 2 unspecified atom stereocenters. The Morgan fingerprint density at radius 1 is 1.55 bits per heavy atom. The topological polar surface area (TPSA) is 89.3 Å². The number of carbonyl (C=O) groups excluding carboxylic acids is 1. The van der Waals surface area contributed by atoms with Gasteiger partial charge in [-0.05, 0) is 30.4 Å². The van der Waals surface area contributed by atoms with Gasteiger partial charge in [0.25, 0.3) is 5.91 Å². The maximum Gasteiger partial charge on any atom is 0.252 e. The molecule has 0 aliphatic heterocycles. The van der Waals surface area contributed by atoms with Gasteiger partial charge in [0.05, 0.1) is 10.6 Å². The molecular formula is C12H14ClFN2O3S. The average Bonchev–Trinajstić information content (AvgIpc) is 3.00. The first kappa shape index (κ1) is 15.2. The lowest BCUT2D eigenvalue weighted by Gasteiger charge is -2.09. The zero-order chi connectivity index (χ0) is 15.1. The number of benzene rings is 1. The molecule has 0 radical (unpaired) electrons. The van der Waals surface area contributed by atoms with Crippen LogP contribution in [0, 0.1) is 17.7 Å². The summed E-state index contributed by atoms with van der Waals surface area (Å²) in [6.45, 7) is 2.55. The molecule has 1 aliphatic rings. The number of nitrogens with two attached hydrogens (primary N) is 1. The Kier molecular flexibility index (Phi) is 4.04. The zero-order valence-electron chi connectivity index (χ0n) is 10.7. The summed E-state index contributed by atoms with van der Waals surface area (Å²) in [7, 11) is -4.25. The molecule has 0 spiro atoms. The Balaban J connectivity index is 2.24. The molecule has 2 rings (SSSR count). The van der Waals surface area contributed by atoms with E-state index >= 15 is 0 Å². The molecule has 1 aromatic carbocycles. The standard InChI is InChI=1S/C12H14ClFN2O3S/c1-6-2-7(6)5-16-12(17)8-3-11(20(15,18)19)10(14)4-9(8)13/h3-4,6-7H,2,5H2,1H3,(H,16,17)(H2,15,18,19). The Morgan fingerprint density at radius 2 is 2.15 bits per heavy atom. The number of halogens is 2. The normalized spacial score (nSPS) is 21.6. The van der Waals surface area contributed by atoms with E-state index in [9.17, 15) is 17.6 Å². The highest BCUT2D eigenvalue weighted by Gasteiger charge is 2.32. The Hall–Kier alpha value is -1.18. The van der Waals surface area contributed by atoms with Crippen LogP contribution in [-0.4, -0.2) is 20.9 Å². The monoisotopic (exact) mass is 320 g/mol. The third kappa shape index (κ3) is 3.28. The number of nitrogens with one attached hydrogen (secondary N) is 1. The smallest absolute Gasteiger partial charge is 0.252 e. The minimum Gasteiger partial charge on any atom is -0.352 e. The van der Waals surface area contributed by atoms with Crippen molar-refractivity contribution in [2.24, 2.45) is 17.0 Å². The molecule has 8 heteroatoms. The first-order valence-corrected chi connectivity index (χ1v) is 7.92. The van der Waals surface area contributed by atoms with Crippen molar-refractivity contribution in [3.8, 4) is 0 Å². The fourth-order valence-electron chi connectivity index (χ4n) is 1.92. The van der Waals surface area contributed by atoms with E-state index in [0.29, 0.717) is 18.4 Å². The lowest BCUT2D eigenvalue weighted by molar-refractivity contribution is 0.0951. The Morgan fingerprint density at radius 3 is 2.65 bits per heavy atom. The Labute approximate surface area is 121 Å². The van der Waals surface area contributed by atoms with Crippen LogP contribution >= 0.6 is 11.6 Å². The molecule has 110 valence electrons. The van der Waals surface area contributed by atoms with E-state index in [-0.39, 0.29) is 10.6 Å². The summed E-state index contributed by atoms with van der Waals surface area (Å²) < 4.78 is 35.9. The minimum atomic E-state index is -4.25. The first-order chi connectivity index (χ1) is 9.20. The summed E-state index contributed by atoms with van der Waals surface area (Å²) in [4.78, 5) is 11.2. The minimum absolute atomic E-state index is 0.106. The number of hydrogen-bond acceptors (Lipinski definition) is 3. The second kappa shape index (κ2) is 5.31. The van der Waals surface area contributed by atoms with E-state index in [1.54, 1.807) is 0 Å². The van der Waals surface area contributed by atoms with Crippen LogP contribution < -0.4 is 10.5 Å². The van der Waals surface area contributed by atoms with E-state index in [4.69, 9.17) is 16.7 Å². The van der Waals surface area contributed by atoms with Gasteiger partial charge in [-0.25, -0.2) is 17.9 Å². The van der Waals surface area contributed by atoms with E-state index in [1.807, 2.05) is 0 Å². The van der Waals surface area contributed by atoms with Crippen molar-refractivity contribution in [1.82, 2.24) is 5.32 Å². The van der Waals surface area contributed by atoms with Crippen LogP contribution in [0.1, 0.15) is 23.7 Å². The molecule has 5 nitrogen and oxygen atoms in total. The number of carbonyl (C=O) groups is 1. The SMILES string of the molecule is CC1CC1CNC(=O)c1cc(S(N)(=O)=O)c(F)cc1Cl. The van der Waals surface area contributed by atoms with Gasteiger partial charge >= 0.3 is 0 Å². The first-order valence-electron chi connectivity index (χ1n) is 6.00. The lowest BCUT2D eigenvalue weighted by Crippen LogP contribution is -2.27. The van der Waals surface area contributed by atoms with Gasteiger partial charge in [-0.2, -0.15) is 0 Å². The van der Waals surface area contributed by atoms with Crippen molar-refractivity contribution in [3.63, 3.8) is 0 Å². The molecule has 3 N–H and O–H groups in total. The molecule has 1 saturated carbocycles. The maximum atomic E-state index is 13.5. The maximum absolute atomic E-state index is 13.5. The van der Waals surface area contributed by atoms with E-state index in [1.165, 1.54) is 0 Å². The van der Waals surface area contributed by atoms with Gasteiger partial charge in [-0.15, -0.1) is 0 Å². The van der Waals surface area contributed by atoms with Crippen molar-refractivity contribution < 1.29 is 17.6 Å². The van der Waals surface area contributed by atoms with Gasteiger partial charge in [-0.3, -0.25) is 4.79 Å². The van der Waals surface area contributed by atoms with Crippen LogP contribution in [0.3, 0.4) is 0 Å². The molecule has 0 aromatic heterocycles. The third-order valence-electron chi connectivity index (χ3n) is 3.37. The average molecular weight is 321 g/mol. The molecular weight excluding hydrogens is 307 g/mol. The van der Waals surface area contributed by atoms with Crippen LogP contribution in [0.5, 0.6) is 0 Å². The second-order valence-electron chi connectivity index (χ2n) is 4.99. The number of hydrogen-bond donors (Lipinski definition) is 2. The van der Waals surface area contributed by atoms with Gasteiger partial charge in [0, 0.05) is 6.54 Å². The van der Waals surface area contributed by atoms with Gasteiger partial charge in [0.2, 0.25) is 10.0 Å². The molecule has 1 fully saturated rings. The number of primary sulfonamides is 1. The van der Waals surface area contributed by atoms with Gasteiger partial charge in [0.1, 0.15) is 10.7 Å². The van der Waals surface area contributed by atoms with Crippen LogP contribution in [0.4, 0.5) is 4.39 Å². The largest absolute Gasteiger partial charge is 0.352 e. The van der Waals surface area contributed by atoms with Crippen LogP contribution in [0.15, 0.2) is 17.0 Å². The fourth-order valence-corrected chi connectivity index (χ4v) is 2.77. The van der Waals surface area contributed by atoms with Crippen molar-refractivity contribution in [2.45, 2.75) is 18.2 Å². The van der Waals surface area contributed by atoms with Gasteiger partial charge in [-0.1, -0.05) is 18.5 Å². The van der Waals surface area contributed by atoms with Crippen molar-refractivity contribution in [2.75, 3.05) is 6.54 Å². The summed E-state index contributed by atoms with van der Waals surface area (Å²) in [5.74, 6) is -0.626. The van der Waals surface area contributed by atoms with E-state index in [0.717, 1.165) is 18.6 Å². The van der Waals surface area contributed by atoms with Crippen LogP contribution in [0.2, 0.25) is 5.02 Å². The second-order valence-corrected chi connectivity index (χ2v) is 6.93. The predicted octanol–water partition coefficient (Wildman–Crippen LogP) is 1.51. The quantitative estimate of drug-likeness (QED) is 0.881. The van der Waals surface area contributed by atoms with Crippen molar-refractivity contribution >= 4 is 27.5 Å². The molecule has 0 heterocycles. The molecule has 2 atom stereocenters. The molecule has 20 heavy (non-hydrogen) atoms. The fraction of sp³-hybridized carbons (Fsp3) is 0.417. The number of amides is 1. The highest BCUT2D eigenvalue weighted by Crippen LogP contribution is 2.36. The summed E-state index contributed by atoms with van der Waals surface area (Å²) in [5.41, 5.74) is -0.106. The molecule has 0 bridgehead atoms. The van der Waals surface area contributed by atoms with Crippen molar-refractivity contribution in [1.29, 1.82) is 0 Å². The molecule has 1 amide bonds.